The molecule has 0 radical (unpaired) electrons. The minimum atomic E-state index is -0.277. The monoisotopic (exact) mass is 337 g/mol. The van der Waals surface area contributed by atoms with Crippen LogP contribution < -0.4 is 15.4 Å². The quantitative estimate of drug-likeness (QED) is 0.711. The van der Waals surface area contributed by atoms with E-state index in [1.807, 2.05) is 43.3 Å². The van der Waals surface area contributed by atoms with Gasteiger partial charge in [-0.3, -0.25) is 4.98 Å². The largest absolute Gasteiger partial charge is 0.494 e. The maximum absolute atomic E-state index is 12.0. The average molecular weight is 337 g/mol. The van der Waals surface area contributed by atoms with Crippen molar-refractivity contribution in [1.82, 2.24) is 10.3 Å². The molecule has 0 saturated heterocycles. The molecule has 3 rings (SSSR count). The lowest BCUT2D eigenvalue weighted by molar-refractivity contribution is 0.251. The molecule has 0 aliphatic carbocycles. The summed E-state index contributed by atoms with van der Waals surface area (Å²) in [7, 11) is 0. The van der Waals surface area contributed by atoms with Crippen molar-refractivity contribution in [2.24, 2.45) is 0 Å². The normalized spacial score (nSPS) is 10.3. The first-order valence-electron chi connectivity index (χ1n) is 8.01. The molecule has 128 valence electrons. The van der Waals surface area contributed by atoms with Crippen LogP contribution in [0.5, 0.6) is 5.75 Å². The third kappa shape index (κ3) is 4.60. The Morgan fingerprint density at radius 1 is 1.20 bits per heavy atom. The Hall–Kier alpha value is -3.28. The molecule has 0 aliphatic rings. The van der Waals surface area contributed by atoms with E-state index in [0.717, 1.165) is 17.0 Å². The summed E-state index contributed by atoms with van der Waals surface area (Å²) in [5, 5.41) is 5.60. The van der Waals surface area contributed by atoms with Crippen LogP contribution in [-0.2, 0) is 6.54 Å². The number of pyridine rings is 1. The van der Waals surface area contributed by atoms with Crippen LogP contribution in [0.3, 0.4) is 0 Å². The lowest BCUT2D eigenvalue weighted by Crippen LogP contribution is -2.28. The number of benzene rings is 1. The van der Waals surface area contributed by atoms with Gasteiger partial charge in [0.25, 0.3) is 0 Å². The van der Waals surface area contributed by atoms with Gasteiger partial charge in [-0.2, -0.15) is 0 Å². The number of hydrogen-bond acceptors (Lipinski definition) is 4. The highest BCUT2D eigenvalue weighted by Gasteiger charge is 2.05. The molecule has 2 amide bonds. The predicted octanol–water partition coefficient (Wildman–Crippen LogP) is 4.06. The number of urea groups is 1. The van der Waals surface area contributed by atoms with E-state index in [1.165, 1.54) is 0 Å². The fourth-order valence-corrected chi connectivity index (χ4v) is 2.30. The molecule has 1 aromatic carbocycles. The summed E-state index contributed by atoms with van der Waals surface area (Å²) >= 11 is 0. The first-order chi connectivity index (χ1) is 12.2. The predicted molar refractivity (Wildman–Crippen MR) is 95.4 cm³/mol. The fraction of sp³-hybridized carbons (Fsp3) is 0.158. The number of furan rings is 1. The molecular weight excluding hydrogens is 318 g/mol. The molecule has 2 heterocycles. The van der Waals surface area contributed by atoms with Gasteiger partial charge in [0.2, 0.25) is 0 Å². The van der Waals surface area contributed by atoms with Crippen LogP contribution >= 0.6 is 0 Å². The third-order valence-electron chi connectivity index (χ3n) is 3.47. The van der Waals surface area contributed by atoms with Crippen LogP contribution in [0.2, 0.25) is 0 Å². The molecule has 0 unspecified atom stereocenters. The van der Waals surface area contributed by atoms with Crippen LogP contribution in [0.25, 0.3) is 11.5 Å². The Kier molecular flexibility index (Phi) is 5.31. The molecule has 6 nitrogen and oxygen atoms in total. The van der Waals surface area contributed by atoms with Gasteiger partial charge in [0.15, 0.2) is 5.76 Å². The highest BCUT2D eigenvalue weighted by Crippen LogP contribution is 2.18. The van der Waals surface area contributed by atoms with Crippen molar-refractivity contribution < 1.29 is 13.9 Å². The van der Waals surface area contributed by atoms with E-state index < -0.39 is 0 Å². The van der Waals surface area contributed by atoms with Gasteiger partial charge in [0, 0.05) is 18.4 Å². The van der Waals surface area contributed by atoms with Crippen molar-refractivity contribution in [3.8, 4) is 17.2 Å². The standard InChI is InChI=1S/C19H19N3O3/c1-2-24-16-7-5-15(6-8-16)22-19(23)21-13-14-9-10-20-17(12-14)18-4-3-11-25-18/h3-12H,2,13H2,1H3,(H2,21,22,23). The second kappa shape index (κ2) is 8.01. The van der Waals surface area contributed by atoms with E-state index in [2.05, 4.69) is 15.6 Å². The maximum atomic E-state index is 12.0. The summed E-state index contributed by atoms with van der Waals surface area (Å²) in [5.74, 6) is 1.47. The van der Waals surface area contributed by atoms with Crippen molar-refractivity contribution in [2.45, 2.75) is 13.5 Å². The lowest BCUT2D eigenvalue weighted by atomic mass is 10.2. The number of aromatic nitrogens is 1. The second-order valence-corrected chi connectivity index (χ2v) is 5.29. The van der Waals surface area contributed by atoms with Gasteiger partial charge >= 0.3 is 6.03 Å². The molecule has 6 heteroatoms. The molecule has 0 bridgehead atoms. The number of ether oxygens (including phenoxy) is 1. The highest BCUT2D eigenvalue weighted by atomic mass is 16.5. The highest BCUT2D eigenvalue weighted by molar-refractivity contribution is 5.89. The van der Waals surface area contributed by atoms with Crippen LogP contribution in [0.15, 0.2) is 65.4 Å². The molecule has 25 heavy (non-hydrogen) atoms. The number of rotatable bonds is 6. The van der Waals surface area contributed by atoms with Gasteiger partial charge in [0.1, 0.15) is 11.4 Å². The Bertz CT molecular complexity index is 814. The lowest BCUT2D eigenvalue weighted by Gasteiger charge is -2.09. The van der Waals surface area contributed by atoms with Crippen LogP contribution in [-0.4, -0.2) is 17.6 Å². The van der Waals surface area contributed by atoms with E-state index in [-0.39, 0.29) is 6.03 Å². The molecule has 0 fully saturated rings. The molecule has 0 spiro atoms. The smallest absolute Gasteiger partial charge is 0.319 e. The Morgan fingerprint density at radius 3 is 2.76 bits per heavy atom. The van der Waals surface area contributed by atoms with E-state index in [0.29, 0.717) is 24.6 Å². The minimum Gasteiger partial charge on any atom is -0.494 e. The number of nitrogens with one attached hydrogen (secondary N) is 2. The first-order valence-corrected chi connectivity index (χ1v) is 8.01. The van der Waals surface area contributed by atoms with Gasteiger partial charge in [-0.15, -0.1) is 0 Å². The number of carbonyl (C=O) groups is 1. The van der Waals surface area contributed by atoms with Crippen LogP contribution in [0.1, 0.15) is 12.5 Å². The van der Waals surface area contributed by atoms with Crippen LogP contribution in [0.4, 0.5) is 10.5 Å². The molecule has 0 aliphatic heterocycles. The average Bonchev–Trinajstić information content (AvgIpc) is 3.17. The summed E-state index contributed by atoms with van der Waals surface area (Å²) < 4.78 is 10.7. The Balaban J connectivity index is 1.54. The topological polar surface area (TPSA) is 76.4 Å². The van der Waals surface area contributed by atoms with Gasteiger partial charge < -0.3 is 19.8 Å². The third-order valence-corrected chi connectivity index (χ3v) is 3.47. The second-order valence-electron chi connectivity index (χ2n) is 5.29. The van der Waals surface area contributed by atoms with Gasteiger partial charge in [-0.25, -0.2) is 4.79 Å². The number of amides is 2. The molecule has 2 aromatic heterocycles. The summed E-state index contributed by atoms with van der Waals surface area (Å²) in [4.78, 5) is 16.3. The maximum Gasteiger partial charge on any atom is 0.319 e. The number of hydrogen-bond donors (Lipinski definition) is 2. The summed E-state index contributed by atoms with van der Waals surface area (Å²) in [5.41, 5.74) is 2.37. The van der Waals surface area contributed by atoms with Crippen molar-refractivity contribution >= 4 is 11.7 Å². The molecule has 0 saturated carbocycles. The summed E-state index contributed by atoms with van der Waals surface area (Å²) in [6, 6.07) is 14.3. The van der Waals surface area contributed by atoms with E-state index in [9.17, 15) is 4.79 Å². The fourth-order valence-electron chi connectivity index (χ4n) is 2.30. The Morgan fingerprint density at radius 2 is 2.04 bits per heavy atom. The van der Waals surface area contributed by atoms with Gasteiger partial charge in [-0.1, -0.05) is 0 Å². The van der Waals surface area contributed by atoms with E-state index >= 15 is 0 Å². The SMILES string of the molecule is CCOc1ccc(NC(=O)NCc2ccnc(-c3ccco3)c2)cc1. The Labute approximate surface area is 145 Å². The molecule has 3 aromatic rings. The number of anilines is 1. The van der Waals surface area contributed by atoms with Crippen molar-refractivity contribution in [1.29, 1.82) is 0 Å². The molecule has 0 atom stereocenters. The summed E-state index contributed by atoms with van der Waals surface area (Å²) in [6.45, 7) is 2.92. The van der Waals surface area contributed by atoms with E-state index in [4.69, 9.17) is 9.15 Å². The molecular formula is C19H19N3O3. The van der Waals surface area contributed by atoms with Crippen molar-refractivity contribution in [3.63, 3.8) is 0 Å². The zero-order valence-electron chi connectivity index (χ0n) is 13.9. The van der Waals surface area contributed by atoms with Crippen molar-refractivity contribution in [2.75, 3.05) is 11.9 Å². The number of carbonyl (C=O) groups excluding carboxylic acids is 1. The zero-order chi connectivity index (χ0) is 17.5. The molecule has 2 N–H and O–H groups in total. The number of nitrogens with zero attached hydrogens (tertiary/aromatic N) is 1. The van der Waals surface area contributed by atoms with Gasteiger partial charge in [0.05, 0.1) is 12.9 Å². The van der Waals surface area contributed by atoms with Gasteiger partial charge in [-0.05, 0) is 61.0 Å². The van der Waals surface area contributed by atoms with Crippen LogP contribution in [0, 0.1) is 0 Å². The first kappa shape index (κ1) is 16.6. The summed E-state index contributed by atoms with van der Waals surface area (Å²) in [6.07, 6.45) is 3.30. The van der Waals surface area contributed by atoms with E-state index in [1.54, 1.807) is 24.6 Å². The van der Waals surface area contributed by atoms with Crippen molar-refractivity contribution in [3.05, 3.63) is 66.6 Å². The zero-order valence-corrected chi connectivity index (χ0v) is 13.9. The minimum absolute atomic E-state index is 0.277.